The second-order valence-corrected chi connectivity index (χ2v) is 5.30. The van der Waals surface area contributed by atoms with E-state index in [1.54, 1.807) is 6.07 Å². The highest BCUT2D eigenvalue weighted by molar-refractivity contribution is 7.80. The van der Waals surface area contributed by atoms with Crippen molar-refractivity contribution < 1.29 is 9.84 Å². The van der Waals surface area contributed by atoms with Crippen LogP contribution in [0.15, 0.2) is 24.3 Å². The summed E-state index contributed by atoms with van der Waals surface area (Å²) in [5, 5.41) is 9.93. The van der Waals surface area contributed by atoms with Crippen molar-refractivity contribution in [2.45, 2.75) is 26.0 Å². The summed E-state index contributed by atoms with van der Waals surface area (Å²) in [4.78, 5) is 2.36. The first-order valence-corrected chi connectivity index (χ1v) is 6.72. The van der Waals surface area contributed by atoms with Crippen LogP contribution in [0.1, 0.15) is 19.4 Å². The second-order valence-electron chi connectivity index (χ2n) is 4.86. The van der Waals surface area contributed by atoms with Gasteiger partial charge in [0, 0.05) is 12.6 Å². The highest BCUT2D eigenvalue weighted by Gasteiger charge is 2.12. The molecule has 0 spiro atoms. The molecule has 1 rings (SSSR count). The van der Waals surface area contributed by atoms with Crippen molar-refractivity contribution in [3.8, 4) is 5.75 Å². The van der Waals surface area contributed by atoms with E-state index in [4.69, 9.17) is 22.7 Å². The van der Waals surface area contributed by atoms with Gasteiger partial charge >= 0.3 is 0 Å². The summed E-state index contributed by atoms with van der Waals surface area (Å²) in [5.74, 6) is 0.612. The van der Waals surface area contributed by atoms with Gasteiger partial charge in [-0.3, -0.25) is 0 Å². The molecule has 5 heteroatoms. The van der Waals surface area contributed by atoms with E-state index in [2.05, 4.69) is 18.7 Å². The fourth-order valence-corrected chi connectivity index (χ4v) is 1.75. The van der Waals surface area contributed by atoms with Crippen molar-refractivity contribution in [2.24, 2.45) is 5.73 Å². The molecule has 0 heterocycles. The summed E-state index contributed by atoms with van der Waals surface area (Å²) in [6, 6.07) is 7.70. The van der Waals surface area contributed by atoms with Crippen LogP contribution in [-0.2, 0) is 0 Å². The SMILES string of the molecule is CC(C)N(C)CC(O)COc1ccccc1C(N)=S. The van der Waals surface area contributed by atoms with Gasteiger partial charge in [0.1, 0.15) is 23.4 Å². The third-order valence-corrected chi connectivity index (χ3v) is 3.18. The molecule has 106 valence electrons. The number of hydrogen-bond donors (Lipinski definition) is 2. The van der Waals surface area contributed by atoms with Gasteiger partial charge in [-0.15, -0.1) is 0 Å². The molecule has 0 aromatic heterocycles. The van der Waals surface area contributed by atoms with Crippen molar-refractivity contribution in [1.82, 2.24) is 4.90 Å². The molecule has 0 bridgehead atoms. The zero-order valence-electron chi connectivity index (χ0n) is 11.7. The van der Waals surface area contributed by atoms with Crippen LogP contribution in [-0.4, -0.2) is 47.3 Å². The van der Waals surface area contributed by atoms with E-state index < -0.39 is 6.10 Å². The molecular formula is C14H22N2O2S. The molecule has 0 saturated carbocycles. The third-order valence-electron chi connectivity index (χ3n) is 2.96. The lowest BCUT2D eigenvalue weighted by molar-refractivity contribution is 0.0678. The minimum Gasteiger partial charge on any atom is -0.490 e. The van der Waals surface area contributed by atoms with Crippen LogP contribution >= 0.6 is 12.2 Å². The lowest BCUT2D eigenvalue weighted by Crippen LogP contribution is -2.37. The Morgan fingerprint density at radius 2 is 2.05 bits per heavy atom. The Hall–Kier alpha value is -1.17. The summed E-state index contributed by atoms with van der Waals surface area (Å²) in [6.45, 7) is 4.94. The third kappa shape index (κ3) is 5.14. The molecule has 1 atom stereocenters. The van der Waals surface area contributed by atoms with Crippen molar-refractivity contribution in [3.05, 3.63) is 29.8 Å². The van der Waals surface area contributed by atoms with Crippen LogP contribution < -0.4 is 10.5 Å². The van der Waals surface area contributed by atoms with Gasteiger partial charge in [-0.1, -0.05) is 24.4 Å². The predicted molar refractivity (Wildman–Crippen MR) is 81.6 cm³/mol. The molecule has 1 aromatic carbocycles. The topological polar surface area (TPSA) is 58.7 Å². The second kappa shape index (κ2) is 7.43. The highest BCUT2D eigenvalue weighted by atomic mass is 32.1. The number of likely N-dealkylation sites (N-methyl/N-ethyl adjacent to an activating group) is 1. The number of ether oxygens (including phenoxy) is 1. The number of aliphatic hydroxyl groups is 1. The summed E-state index contributed by atoms with van der Waals surface area (Å²) < 4.78 is 5.60. The molecule has 3 N–H and O–H groups in total. The lowest BCUT2D eigenvalue weighted by Gasteiger charge is -2.24. The Labute approximate surface area is 120 Å². The summed E-state index contributed by atoms with van der Waals surface area (Å²) in [5.41, 5.74) is 6.32. The standard InChI is InChI=1S/C14H22N2O2S/c1-10(2)16(3)8-11(17)9-18-13-7-5-4-6-12(13)14(15)19/h4-7,10-11,17H,8-9H2,1-3H3,(H2,15,19). The molecule has 1 aromatic rings. The van der Waals surface area contributed by atoms with Gasteiger partial charge in [0.05, 0.1) is 5.56 Å². The molecule has 0 aliphatic heterocycles. The van der Waals surface area contributed by atoms with Crippen LogP contribution in [0, 0.1) is 0 Å². The predicted octanol–water partition coefficient (Wildman–Crippen LogP) is 1.40. The number of hydrogen-bond acceptors (Lipinski definition) is 4. The molecule has 0 fully saturated rings. The normalized spacial score (nSPS) is 12.7. The number of nitrogens with two attached hydrogens (primary N) is 1. The lowest BCUT2D eigenvalue weighted by atomic mass is 10.2. The summed E-state index contributed by atoms with van der Waals surface area (Å²) in [7, 11) is 1.97. The Bertz CT molecular complexity index is 424. The first-order chi connectivity index (χ1) is 8.91. The van der Waals surface area contributed by atoms with Gasteiger partial charge in [-0.2, -0.15) is 0 Å². The van der Waals surface area contributed by atoms with E-state index in [9.17, 15) is 5.11 Å². The molecule has 0 aliphatic rings. The van der Waals surface area contributed by atoms with Gasteiger partial charge in [-0.05, 0) is 33.0 Å². The van der Waals surface area contributed by atoms with Crippen LogP contribution in [0.2, 0.25) is 0 Å². The average Bonchev–Trinajstić information content (AvgIpc) is 2.36. The Morgan fingerprint density at radius 3 is 2.63 bits per heavy atom. The maximum absolute atomic E-state index is 9.93. The minimum atomic E-state index is -0.549. The maximum Gasteiger partial charge on any atom is 0.129 e. The summed E-state index contributed by atoms with van der Waals surface area (Å²) >= 11 is 4.96. The van der Waals surface area contributed by atoms with Crippen molar-refractivity contribution >= 4 is 17.2 Å². The Morgan fingerprint density at radius 1 is 1.42 bits per heavy atom. The fraction of sp³-hybridized carbons (Fsp3) is 0.500. The van der Waals surface area contributed by atoms with Crippen molar-refractivity contribution in [2.75, 3.05) is 20.2 Å². The molecule has 19 heavy (non-hydrogen) atoms. The number of para-hydroxylation sites is 1. The van der Waals surface area contributed by atoms with Gasteiger partial charge in [0.2, 0.25) is 0 Å². The number of rotatable bonds is 7. The smallest absolute Gasteiger partial charge is 0.129 e. The fourth-order valence-electron chi connectivity index (χ4n) is 1.58. The molecule has 1 unspecified atom stereocenters. The van der Waals surface area contributed by atoms with Crippen LogP contribution in [0.25, 0.3) is 0 Å². The van der Waals surface area contributed by atoms with Gasteiger partial charge in [0.25, 0.3) is 0 Å². The van der Waals surface area contributed by atoms with E-state index in [1.165, 1.54) is 0 Å². The van der Waals surface area contributed by atoms with Crippen molar-refractivity contribution in [3.63, 3.8) is 0 Å². The average molecular weight is 282 g/mol. The van der Waals surface area contributed by atoms with E-state index in [1.807, 2.05) is 25.2 Å². The Kier molecular flexibility index (Phi) is 6.21. The first-order valence-electron chi connectivity index (χ1n) is 6.31. The number of aliphatic hydroxyl groups excluding tert-OH is 1. The molecular weight excluding hydrogens is 260 g/mol. The van der Waals surface area contributed by atoms with E-state index in [0.29, 0.717) is 28.9 Å². The van der Waals surface area contributed by atoms with E-state index >= 15 is 0 Å². The molecule has 0 aliphatic carbocycles. The first kappa shape index (κ1) is 15.9. The maximum atomic E-state index is 9.93. The zero-order chi connectivity index (χ0) is 14.4. The zero-order valence-corrected chi connectivity index (χ0v) is 12.5. The van der Waals surface area contributed by atoms with E-state index in [-0.39, 0.29) is 6.61 Å². The van der Waals surface area contributed by atoms with Gasteiger partial charge in [-0.25, -0.2) is 0 Å². The number of thiocarbonyl (C=S) groups is 1. The Balaban J connectivity index is 2.55. The van der Waals surface area contributed by atoms with Crippen molar-refractivity contribution in [1.29, 1.82) is 0 Å². The van der Waals surface area contributed by atoms with Gasteiger partial charge < -0.3 is 20.5 Å². The molecule has 0 amide bonds. The number of benzene rings is 1. The summed E-state index contributed by atoms with van der Waals surface area (Å²) in [6.07, 6.45) is -0.549. The van der Waals surface area contributed by atoms with Crippen LogP contribution in [0.5, 0.6) is 5.75 Å². The minimum absolute atomic E-state index is 0.219. The molecule has 4 nitrogen and oxygen atoms in total. The van der Waals surface area contributed by atoms with Crippen LogP contribution in [0.4, 0.5) is 0 Å². The van der Waals surface area contributed by atoms with Gasteiger partial charge in [0.15, 0.2) is 0 Å². The quantitative estimate of drug-likeness (QED) is 0.740. The molecule has 0 radical (unpaired) electrons. The largest absolute Gasteiger partial charge is 0.490 e. The monoisotopic (exact) mass is 282 g/mol. The number of nitrogens with zero attached hydrogens (tertiary/aromatic N) is 1. The van der Waals surface area contributed by atoms with Crippen LogP contribution in [0.3, 0.4) is 0 Å². The highest BCUT2D eigenvalue weighted by Crippen LogP contribution is 2.17. The van der Waals surface area contributed by atoms with E-state index in [0.717, 1.165) is 0 Å². The molecule has 0 saturated heterocycles.